The zero-order valence-electron chi connectivity index (χ0n) is 11.6. The Morgan fingerprint density at radius 2 is 2.05 bits per heavy atom. The first-order valence-corrected chi connectivity index (χ1v) is 7.05. The van der Waals surface area contributed by atoms with Crippen molar-refractivity contribution in [2.75, 3.05) is 5.32 Å². The molecular formula is C15H22N2O2. The van der Waals surface area contributed by atoms with Gasteiger partial charge in [-0.25, -0.2) is 9.78 Å². The van der Waals surface area contributed by atoms with Gasteiger partial charge in [0.15, 0.2) is 0 Å². The summed E-state index contributed by atoms with van der Waals surface area (Å²) in [5.41, 5.74) is 1.03. The van der Waals surface area contributed by atoms with Crippen molar-refractivity contribution < 1.29 is 9.90 Å². The standard InChI is InChI=1S/C15H22N2O2/c1-10-8-13(15(18)19)9-14(16-10)17-11(2)12-6-4-3-5-7-12/h8-9,11-12H,3-7H2,1-2H3,(H,16,17)(H,18,19). The summed E-state index contributed by atoms with van der Waals surface area (Å²) in [5.74, 6) is 0.443. The van der Waals surface area contributed by atoms with Crippen LogP contribution in [0.5, 0.6) is 0 Å². The molecule has 0 aliphatic heterocycles. The lowest BCUT2D eigenvalue weighted by atomic mass is 9.84. The molecule has 1 unspecified atom stereocenters. The third kappa shape index (κ3) is 3.69. The van der Waals surface area contributed by atoms with Gasteiger partial charge >= 0.3 is 5.97 Å². The van der Waals surface area contributed by atoms with Gasteiger partial charge < -0.3 is 10.4 Å². The Labute approximate surface area is 114 Å². The van der Waals surface area contributed by atoms with Crippen molar-refractivity contribution in [3.8, 4) is 0 Å². The molecule has 0 radical (unpaired) electrons. The molecule has 2 N–H and O–H groups in total. The summed E-state index contributed by atoms with van der Waals surface area (Å²) in [6.07, 6.45) is 6.46. The molecule has 1 heterocycles. The summed E-state index contributed by atoms with van der Waals surface area (Å²) in [6.45, 7) is 3.99. The molecule has 0 spiro atoms. The monoisotopic (exact) mass is 262 g/mol. The normalized spacial score (nSPS) is 18.0. The van der Waals surface area contributed by atoms with Gasteiger partial charge in [-0.15, -0.1) is 0 Å². The highest BCUT2D eigenvalue weighted by Gasteiger charge is 2.20. The van der Waals surface area contributed by atoms with E-state index in [1.54, 1.807) is 12.1 Å². The predicted octanol–water partition coefficient (Wildman–Crippen LogP) is 3.47. The largest absolute Gasteiger partial charge is 0.478 e. The van der Waals surface area contributed by atoms with Gasteiger partial charge in [0, 0.05) is 11.7 Å². The van der Waals surface area contributed by atoms with Gasteiger partial charge in [0.1, 0.15) is 5.82 Å². The van der Waals surface area contributed by atoms with Crippen molar-refractivity contribution in [3.05, 3.63) is 23.4 Å². The maximum atomic E-state index is 11.0. The minimum absolute atomic E-state index is 0.297. The van der Waals surface area contributed by atoms with Gasteiger partial charge in [0.25, 0.3) is 0 Å². The number of aryl methyl sites for hydroxylation is 1. The van der Waals surface area contributed by atoms with E-state index in [0.29, 0.717) is 23.3 Å². The van der Waals surface area contributed by atoms with Gasteiger partial charge in [0.2, 0.25) is 0 Å². The second kappa shape index (κ2) is 6.04. The summed E-state index contributed by atoms with van der Waals surface area (Å²) in [4.78, 5) is 15.4. The maximum Gasteiger partial charge on any atom is 0.335 e. The summed E-state index contributed by atoms with van der Waals surface area (Å²) in [7, 11) is 0. The number of carboxylic acid groups (broad SMARTS) is 1. The topological polar surface area (TPSA) is 62.2 Å². The average Bonchev–Trinajstić information content (AvgIpc) is 2.39. The van der Waals surface area contributed by atoms with E-state index in [2.05, 4.69) is 17.2 Å². The van der Waals surface area contributed by atoms with Crippen molar-refractivity contribution in [2.45, 2.75) is 52.0 Å². The lowest BCUT2D eigenvalue weighted by molar-refractivity contribution is 0.0696. The fourth-order valence-corrected chi connectivity index (χ4v) is 2.85. The first kappa shape index (κ1) is 13.8. The lowest BCUT2D eigenvalue weighted by Gasteiger charge is -2.28. The molecule has 4 nitrogen and oxygen atoms in total. The van der Waals surface area contributed by atoms with Crippen LogP contribution in [0.2, 0.25) is 0 Å². The van der Waals surface area contributed by atoms with E-state index in [4.69, 9.17) is 5.11 Å². The van der Waals surface area contributed by atoms with Gasteiger partial charge in [0.05, 0.1) is 5.56 Å². The van der Waals surface area contributed by atoms with Gasteiger partial charge in [-0.1, -0.05) is 19.3 Å². The van der Waals surface area contributed by atoms with Crippen LogP contribution in [0.25, 0.3) is 0 Å². The number of carbonyl (C=O) groups is 1. The predicted molar refractivity (Wildman–Crippen MR) is 75.6 cm³/mol. The molecule has 1 fully saturated rings. The van der Waals surface area contributed by atoms with E-state index in [1.165, 1.54) is 32.1 Å². The van der Waals surface area contributed by atoms with Crippen molar-refractivity contribution in [1.29, 1.82) is 0 Å². The Hall–Kier alpha value is -1.58. The number of pyridine rings is 1. The van der Waals surface area contributed by atoms with Crippen LogP contribution in [0.3, 0.4) is 0 Å². The fraction of sp³-hybridized carbons (Fsp3) is 0.600. The Balaban J connectivity index is 2.07. The molecule has 104 valence electrons. The van der Waals surface area contributed by atoms with Crippen LogP contribution < -0.4 is 5.32 Å². The van der Waals surface area contributed by atoms with Gasteiger partial charge in [-0.2, -0.15) is 0 Å². The first-order valence-electron chi connectivity index (χ1n) is 7.05. The summed E-state index contributed by atoms with van der Waals surface area (Å²) < 4.78 is 0. The van der Waals surface area contributed by atoms with Crippen molar-refractivity contribution >= 4 is 11.8 Å². The van der Waals surface area contributed by atoms with Crippen LogP contribution in [0, 0.1) is 12.8 Å². The smallest absolute Gasteiger partial charge is 0.335 e. The Morgan fingerprint density at radius 1 is 1.37 bits per heavy atom. The number of anilines is 1. The molecule has 1 aliphatic carbocycles. The zero-order chi connectivity index (χ0) is 13.8. The van der Waals surface area contributed by atoms with Crippen molar-refractivity contribution in [3.63, 3.8) is 0 Å². The molecule has 1 aromatic rings. The van der Waals surface area contributed by atoms with Crippen LogP contribution in [0.4, 0.5) is 5.82 Å². The SMILES string of the molecule is Cc1cc(C(=O)O)cc(NC(C)C2CCCCC2)n1. The number of nitrogens with one attached hydrogen (secondary N) is 1. The number of hydrogen-bond acceptors (Lipinski definition) is 3. The van der Waals surface area contributed by atoms with Crippen molar-refractivity contribution in [2.24, 2.45) is 5.92 Å². The lowest BCUT2D eigenvalue weighted by Crippen LogP contribution is -2.28. The number of rotatable bonds is 4. The maximum absolute atomic E-state index is 11.0. The number of hydrogen-bond donors (Lipinski definition) is 2. The van der Waals surface area contributed by atoms with E-state index in [9.17, 15) is 4.79 Å². The molecule has 19 heavy (non-hydrogen) atoms. The third-order valence-corrected chi connectivity index (χ3v) is 3.93. The Bertz CT molecular complexity index is 453. The summed E-state index contributed by atoms with van der Waals surface area (Å²) >= 11 is 0. The van der Waals surface area contributed by atoms with Crippen LogP contribution in [-0.4, -0.2) is 22.1 Å². The third-order valence-electron chi connectivity index (χ3n) is 3.93. The van der Waals surface area contributed by atoms with Gasteiger partial charge in [-0.05, 0) is 44.7 Å². The van der Waals surface area contributed by atoms with Crippen LogP contribution >= 0.6 is 0 Å². The molecular weight excluding hydrogens is 240 g/mol. The first-order chi connectivity index (χ1) is 9.06. The molecule has 4 heteroatoms. The second-order valence-electron chi connectivity index (χ2n) is 5.52. The Kier molecular flexibility index (Phi) is 4.40. The second-order valence-corrected chi connectivity index (χ2v) is 5.52. The van der Waals surface area contributed by atoms with Crippen LogP contribution in [0.1, 0.15) is 55.1 Å². The molecule has 1 aliphatic rings. The highest BCUT2D eigenvalue weighted by molar-refractivity contribution is 5.88. The molecule has 0 bridgehead atoms. The number of aromatic nitrogens is 1. The molecule has 1 atom stereocenters. The highest BCUT2D eigenvalue weighted by atomic mass is 16.4. The molecule has 0 aromatic carbocycles. The van der Waals surface area contributed by atoms with E-state index in [1.807, 2.05) is 6.92 Å². The molecule has 0 saturated heterocycles. The highest BCUT2D eigenvalue weighted by Crippen LogP contribution is 2.27. The minimum atomic E-state index is -0.904. The van der Waals surface area contributed by atoms with E-state index in [-0.39, 0.29) is 0 Å². The minimum Gasteiger partial charge on any atom is -0.478 e. The molecule has 1 aromatic heterocycles. The zero-order valence-corrected chi connectivity index (χ0v) is 11.6. The van der Waals surface area contributed by atoms with Crippen LogP contribution in [-0.2, 0) is 0 Å². The van der Waals surface area contributed by atoms with Crippen molar-refractivity contribution in [1.82, 2.24) is 4.98 Å². The van der Waals surface area contributed by atoms with Crippen LogP contribution in [0.15, 0.2) is 12.1 Å². The quantitative estimate of drug-likeness (QED) is 0.872. The number of carboxylic acids is 1. The van der Waals surface area contributed by atoms with Gasteiger partial charge in [-0.3, -0.25) is 0 Å². The summed E-state index contributed by atoms with van der Waals surface area (Å²) in [6, 6.07) is 3.56. The summed E-state index contributed by atoms with van der Waals surface area (Å²) in [5, 5.41) is 12.4. The fourth-order valence-electron chi connectivity index (χ4n) is 2.85. The molecule has 1 saturated carbocycles. The molecule has 2 rings (SSSR count). The average molecular weight is 262 g/mol. The molecule has 0 amide bonds. The Morgan fingerprint density at radius 3 is 2.68 bits per heavy atom. The number of aromatic carboxylic acids is 1. The van der Waals surface area contributed by atoms with E-state index >= 15 is 0 Å². The number of nitrogens with zero attached hydrogens (tertiary/aromatic N) is 1. The van der Waals surface area contributed by atoms with E-state index in [0.717, 1.165) is 5.69 Å². The van der Waals surface area contributed by atoms with E-state index < -0.39 is 5.97 Å².